The van der Waals surface area contributed by atoms with Crippen LogP contribution in [0.15, 0.2) is 53.4 Å². The van der Waals surface area contributed by atoms with E-state index >= 15 is 0 Å². The molecular weight excluding hydrogens is 294 g/mol. The topological polar surface area (TPSA) is 29.5 Å². The molecule has 1 amide bonds. The molecule has 0 radical (unpaired) electrons. The standard InChI is InChI=1S/C18H19NO2S/c1-13-11-14-5-3-4-6-17(14)19(13)18(20)12-22-16-9-7-15(21-2)8-10-16/h3-10,13H,11-12H2,1-2H3. The van der Waals surface area contributed by atoms with Crippen molar-refractivity contribution in [1.29, 1.82) is 0 Å². The number of amides is 1. The molecule has 114 valence electrons. The third-order valence-electron chi connectivity index (χ3n) is 3.90. The van der Waals surface area contributed by atoms with Crippen molar-refractivity contribution in [2.24, 2.45) is 0 Å². The summed E-state index contributed by atoms with van der Waals surface area (Å²) in [5.41, 5.74) is 2.33. The number of carbonyl (C=O) groups excluding carboxylic acids is 1. The fraction of sp³-hybridized carbons (Fsp3) is 0.278. The van der Waals surface area contributed by atoms with Gasteiger partial charge in [0.25, 0.3) is 0 Å². The van der Waals surface area contributed by atoms with E-state index in [9.17, 15) is 4.79 Å². The van der Waals surface area contributed by atoms with Gasteiger partial charge < -0.3 is 9.64 Å². The second kappa shape index (κ2) is 6.44. The number of anilines is 1. The van der Waals surface area contributed by atoms with Gasteiger partial charge in [-0.3, -0.25) is 4.79 Å². The highest BCUT2D eigenvalue weighted by atomic mass is 32.2. The molecule has 1 aliphatic heterocycles. The number of methoxy groups -OCH3 is 1. The van der Waals surface area contributed by atoms with Gasteiger partial charge in [-0.2, -0.15) is 0 Å². The Morgan fingerprint density at radius 2 is 1.95 bits per heavy atom. The first kappa shape index (κ1) is 15.0. The molecule has 0 saturated carbocycles. The van der Waals surface area contributed by atoms with Gasteiger partial charge in [0.15, 0.2) is 0 Å². The number of thioether (sulfide) groups is 1. The number of nitrogens with zero attached hydrogens (tertiary/aromatic N) is 1. The zero-order valence-electron chi connectivity index (χ0n) is 12.8. The van der Waals surface area contributed by atoms with E-state index in [0.29, 0.717) is 5.75 Å². The van der Waals surface area contributed by atoms with Gasteiger partial charge in [0.1, 0.15) is 5.75 Å². The van der Waals surface area contributed by atoms with Gasteiger partial charge in [-0.05, 0) is 49.2 Å². The predicted octanol–water partition coefficient (Wildman–Crippen LogP) is 3.77. The normalized spacial score (nSPS) is 16.5. The highest BCUT2D eigenvalue weighted by Crippen LogP contribution is 2.33. The molecule has 4 heteroatoms. The zero-order chi connectivity index (χ0) is 15.5. The van der Waals surface area contributed by atoms with Crippen LogP contribution in [0.3, 0.4) is 0 Å². The van der Waals surface area contributed by atoms with Crippen LogP contribution in [-0.2, 0) is 11.2 Å². The Bertz CT molecular complexity index is 669. The van der Waals surface area contributed by atoms with Crippen molar-refractivity contribution in [2.45, 2.75) is 24.3 Å². The van der Waals surface area contributed by atoms with Crippen molar-refractivity contribution in [1.82, 2.24) is 0 Å². The number of fused-ring (bicyclic) bond motifs is 1. The molecule has 2 aromatic rings. The summed E-state index contributed by atoms with van der Waals surface area (Å²) >= 11 is 1.56. The van der Waals surface area contributed by atoms with Gasteiger partial charge in [0.2, 0.25) is 5.91 Å². The molecule has 0 aromatic heterocycles. The number of para-hydroxylation sites is 1. The lowest BCUT2D eigenvalue weighted by atomic mass is 10.1. The maximum atomic E-state index is 12.6. The van der Waals surface area contributed by atoms with E-state index in [1.54, 1.807) is 18.9 Å². The Morgan fingerprint density at radius 1 is 1.23 bits per heavy atom. The largest absolute Gasteiger partial charge is 0.497 e. The lowest BCUT2D eigenvalue weighted by Crippen LogP contribution is -2.36. The minimum atomic E-state index is 0.165. The van der Waals surface area contributed by atoms with Gasteiger partial charge in [-0.1, -0.05) is 18.2 Å². The highest BCUT2D eigenvalue weighted by Gasteiger charge is 2.30. The number of benzene rings is 2. The molecule has 0 N–H and O–H groups in total. The molecule has 1 heterocycles. The van der Waals surface area contributed by atoms with Crippen LogP contribution in [0.25, 0.3) is 0 Å². The molecule has 0 bridgehead atoms. The van der Waals surface area contributed by atoms with Crippen molar-refractivity contribution in [2.75, 3.05) is 17.8 Å². The first-order chi connectivity index (χ1) is 10.7. The lowest BCUT2D eigenvalue weighted by Gasteiger charge is -2.22. The van der Waals surface area contributed by atoms with Crippen LogP contribution < -0.4 is 9.64 Å². The molecule has 1 atom stereocenters. The highest BCUT2D eigenvalue weighted by molar-refractivity contribution is 8.00. The quantitative estimate of drug-likeness (QED) is 0.805. The summed E-state index contributed by atoms with van der Waals surface area (Å²) in [5, 5.41) is 0. The first-order valence-corrected chi connectivity index (χ1v) is 8.34. The summed E-state index contributed by atoms with van der Waals surface area (Å²) in [5.74, 6) is 1.45. The van der Waals surface area contributed by atoms with E-state index in [1.807, 2.05) is 47.4 Å². The molecule has 3 rings (SSSR count). The van der Waals surface area contributed by atoms with Gasteiger partial charge in [-0.25, -0.2) is 0 Å². The second-order valence-corrected chi connectivity index (χ2v) is 6.46. The Hall–Kier alpha value is -1.94. The molecule has 2 aromatic carbocycles. The van der Waals surface area contributed by atoms with Crippen molar-refractivity contribution in [3.8, 4) is 5.75 Å². The minimum Gasteiger partial charge on any atom is -0.497 e. The van der Waals surface area contributed by atoms with E-state index in [0.717, 1.165) is 22.8 Å². The summed E-state index contributed by atoms with van der Waals surface area (Å²) in [7, 11) is 1.65. The van der Waals surface area contributed by atoms with Gasteiger partial charge >= 0.3 is 0 Å². The molecule has 22 heavy (non-hydrogen) atoms. The number of carbonyl (C=O) groups is 1. The Kier molecular flexibility index (Phi) is 4.39. The van der Waals surface area contributed by atoms with Crippen LogP contribution >= 0.6 is 11.8 Å². The van der Waals surface area contributed by atoms with Crippen LogP contribution in [0.4, 0.5) is 5.69 Å². The Morgan fingerprint density at radius 3 is 2.68 bits per heavy atom. The number of rotatable bonds is 4. The third-order valence-corrected chi connectivity index (χ3v) is 4.89. The molecular formula is C18H19NO2S. The molecule has 1 aliphatic rings. The monoisotopic (exact) mass is 313 g/mol. The van der Waals surface area contributed by atoms with Crippen LogP contribution in [0, 0.1) is 0 Å². The van der Waals surface area contributed by atoms with Crippen molar-refractivity contribution < 1.29 is 9.53 Å². The van der Waals surface area contributed by atoms with Gasteiger partial charge in [-0.15, -0.1) is 11.8 Å². The SMILES string of the molecule is COc1ccc(SCC(=O)N2c3ccccc3CC2C)cc1. The summed E-state index contributed by atoms with van der Waals surface area (Å²) in [6.07, 6.45) is 0.940. The predicted molar refractivity (Wildman–Crippen MR) is 90.8 cm³/mol. The fourth-order valence-electron chi connectivity index (χ4n) is 2.83. The van der Waals surface area contributed by atoms with E-state index in [2.05, 4.69) is 13.0 Å². The first-order valence-electron chi connectivity index (χ1n) is 7.36. The van der Waals surface area contributed by atoms with E-state index < -0.39 is 0 Å². The Labute approximate surface area is 135 Å². The Balaban J connectivity index is 1.67. The summed E-state index contributed by atoms with van der Waals surface area (Å²) < 4.78 is 5.14. The van der Waals surface area contributed by atoms with Gasteiger partial charge in [0.05, 0.1) is 12.9 Å². The maximum absolute atomic E-state index is 12.6. The average Bonchev–Trinajstić information content (AvgIpc) is 2.89. The molecule has 3 nitrogen and oxygen atoms in total. The van der Waals surface area contributed by atoms with Crippen molar-refractivity contribution in [3.05, 3.63) is 54.1 Å². The van der Waals surface area contributed by atoms with E-state index in [-0.39, 0.29) is 11.9 Å². The van der Waals surface area contributed by atoms with Crippen LogP contribution in [-0.4, -0.2) is 24.8 Å². The average molecular weight is 313 g/mol. The fourth-order valence-corrected chi connectivity index (χ4v) is 3.59. The molecule has 0 spiro atoms. The minimum absolute atomic E-state index is 0.165. The summed E-state index contributed by atoms with van der Waals surface area (Å²) in [6, 6.07) is 16.2. The smallest absolute Gasteiger partial charge is 0.237 e. The number of hydrogen-bond donors (Lipinski definition) is 0. The van der Waals surface area contributed by atoms with E-state index in [4.69, 9.17) is 4.74 Å². The summed E-state index contributed by atoms with van der Waals surface area (Å²) in [6.45, 7) is 2.11. The van der Waals surface area contributed by atoms with Crippen LogP contribution in [0.5, 0.6) is 5.75 Å². The van der Waals surface area contributed by atoms with E-state index in [1.165, 1.54) is 5.56 Å². The number of ether oxygens (including phenoxy) is 1. The van der Waals surface area contributed by atoms with Crippen LogP contribution in [0.2, 0.25) is 0 Å². The third kappa shape index (κ3) is 2.97. The molecule has 0 fully saturated rings. The maximum Gasteiger partial charge on any atom is 0.237 e. The zero-order valence-corrected chi connectivity index (χ0v) is 13.6. The van der Waals surface area contributed by atoms with Crippen molar-refractivity contribution in [3.63, 3.8) is 0 Å². The van der Waals surface area contributed by atoms with Crippen LogP contribution in [0.1, 0.15) is 12.5 Å². The van der Waals surface area contributed by atoms with Crippen molar-refractivity contribution >= 4 is 23.4 Å². The number of hydrogen-bond acceptors (Lipinski definition) is 3. The molecule has 0 saturated heterocycles. The molecule has 0 aliphatic carbocycles. The molecule has 1 unspecified atom stereocenters. The summed E-state index contributed by atoms with van der Waals surface area (Å²) in [4.78, 5) is 15.6. The second-order valence-electron chi connectivity index (χ2n) is 5.41. The lowest BCUT2D eigenvalue weighted by molar-refractivity contribution is -0.116. The van der Waals surface area contributed by atoms with Gasteiger partial charge in [0, 0.05) is 16.6 Å².